The van der Waals surface area contributed by atoms with Crippen molar-refractivity contribution in [2.75, 3.05) is 13.1 Å². The van der Waals surface area contributed by atoms with E-state index in [1.807, 2.05) is 0 Å². The van der Waals surface area contributed by atoms with Crippen molar-refractivity contribution in [3.8, 4) is 0 Å². The van der Waals surface area contributed by atoms with Gasteiger partial charge in [0.1, 0.15) is 11.4 Å². The minimum atomic E-state index is -1.21. The van der Waals surface area contributed by atoms with Gasteiger partial charge >= 0.3 is 6.03 Å². The average Bonchev–Trinajstić information content (AvgIpc) is 2.86. The van der Waals surface area contributed by atoms with Gasteiger partial charge in [-0.2, -0.15) is 0 Å². The van der Waals surface area contributed by atoms with Gasteiger partial charge in [0.05, 0.1) is 12.8 Å². The molecule has 2 amide bonds. The molecule has 0 radical (unpaired) electrons. The lowest BCUT2D eigenvalue weighted by atomic mass is 9.82. The molecule has 0 aromatic carbocycles. The number of hydrogen-bond donors (Lipinski definition) is 3. The van der Waals surface area contributed by atoms with Crippen LogP contribution in [0.4, 0.5) is 4.79 Å². The maximum absolute atomic E-state index is 11.7. The number of amides is 2. The molecule has 5 nitrogen and oxygen atoms in total. The van der Waals surface area contributed by atoms with E-state index in [0.29, 0.717) is 18.2 Å². The van der Waals surface area contributed by atoms with Crippen LogP contribution in [0.1, 0.15) is 40.4 Å². The molecule has 3 N–H and O–H groups in total. The smallest absolute Gasteiger partial charge is 0.314 e. The minimum Gasteiger partial charge on any atom is -0.466 e. The average molecular weight is 282 g/mol. The van der Waals surface area contributed by atoms with E-state index in [0.717, 1.165) is 0 Å². The highest BCUT2D eigenvalue weighted by molar-refractivity contribution is 5.73. The van der Waals surface area contributed by atoms with Crippen LogP contribution in [0.3, 0.4) is 0 Å². The highest BCUT2D eigenvalue weighted by atomic mass is 16.4. The number of rotatable bonds is 5. The van der Waals surface area contributed by atoms with Gasteiger partial charge in [0.25, 0.3) is 0 Å². The third-order valence-electron chi connectivity index (χ3n) is 3.69. The second-order valence-corrected chi connectivity index (χ2v) is 6.58. The summed E-state index contributed by atoms with van der Waals surface area (Å²) in [6.45, 7) is 10.8. The summed E-state index contributed by atoms with van der Waals surface area (Å²) in [6.07, 6.45) is 1.49. The highest BCUT2D eigenvalue weighted by Gasteiger charge is 2.27. The standard InChI is InChI=1S/C15H26N2O3/c1-11(14(2,3)4)9-16-13(18)17-10-15(5,19)12-7-6-8-20-12/h6-8,11,19H,9-10H2,1-5H3,(H2,16,17,18)/t11-,15-/m0/s1. The third-order valence-corrected chi connectivity index (χ3v) is 3.69. The quantitative estimate of drug-likeness (QED) is 0.776. The molecule has 2 atom stereocenters. The maximum atomic E-state index is 11.7. The Balaban J connectivity index is 2.37. The van der Waals surface area contributed by atoms with E-state index >= 15 is 0 Å². The normalized spacial score (nSPS) is 16.3. The van der Waals surface area contributed by atoms with Crippen LogP contribution in [0.15, 0.2) is 22.8 Å². The molecule has 0 unspecified atom stereocenters. The predicted octanol–water partition coefficient (Wildman–Crippen LogP) is 2.47. The molecule has 0 bridgehead atoms. The lowest BCUT2D eigenvalue weighted by Crippen LogP contribution is -2.45. The topological polar surface area (TPSA) is 74.5 Å². The van der Waals surface area contributed by atoms with Crippen molar-refractivity contribution in [2.24, 2.45) is 11.3 Å². The number of aliphatic hydroxyl groups is 1. The summed E-state index contributed by atoms with van der Waals surface area (Å²) in [7, 11) is 0. The highest BCUT2D eigenvalue weighted by Crippen LogP contribution is 2.24. The molecule has 0 aliphatic heterocycles. The van der Waals surface area contributed by atoms with Gasteiger partial charge in [-0.15, -0.1) is 0 Å². The third kappa shape index (κ3) is 4.89. The van der Waals surface area contributed by atoms with Gasteiger partial charge in [-0.05, 0) is 30.4 Å². The fourth-order valence-electron chi connectivity index (χ4n) is 1.54. The monoisotopic (exact) mass is 282 g/mol. The Labute approximate surface area is 120 Å². The Morgan fingerprint density at radius 1 is 1.35 bits per heavy atom. The second kappa shape index (κ2) is 6.31. The van der Waals surface area contributed by atoms with Crippen LogP contribution in [0.5, 0.6) is 0 Å². The van der Waals surface area contributed by atoms with E-state index in [1.165, 1.54) is 6.26 Å². The molecule has 20 heavy (non-hydrogen) atoms. The first-order valence-corrected chi connectivity index (χ1v) is 6.91. The van der Waals surface area contributed by atoms with E-state index in [1.54, 1.807) is 19.1 Å². The molecule has 0 saturated heterocycles. The fraction of sp³-hybridized carbons (Fsp3) is 0.667. The Morgan fingerprint density at radius 3 is 2.50 bits per heavy atom. The molecule has 1 aromatic heterocycles. The Morgan fingerprint density at radius 2 is 2.00 bits per heavy atom. The molecule has 0 fully saturated rings. The van der Waals surface area contributed by atoms with Gasteiger partial charge in [0.15, 0.2) is 0 Å². The van der Waals surface area contributed by atoms with Crippen molar-refractivity contribution >= 4 is 6.03 Å². The van der Waals surface area contributed by atoms with Gasteiger partial charge in [-0.3, -0.25) is 0 Å². The first kappa shape index (κ1) is 16.6. The molecule has 0 spiro atoms. The molecule has 1 aromatic rings. The second-order valence-electron chi connectivity index (χ2n) is 6.58. The zero-order valence-electron chi connectivity index (χ0n) is 13.0. The van der Waals surface area contributed by atoms with E-state index in [4.69, 9.17) is 4.42 Å². The molecule has 114 valence electrons. The lowest BCUT2D eigenvalue weighted by Gasteiger charge is -2.27. The summed E-state index contributed by atoms with van der Waals surface area (Å²) in [5.41, 5.74) is -1.07. The summed E-state index contributed by atoms with van der Waals surface area (Å²) >= 11 is 0. The van der Waals surface area contributed by atoms with Crippen LogP contribution in [0.2, 0.25) is 0 Å². The van der Waals surface area contributed by atoms with Crippen LogP contribution >= 0.6 is 0 Å². The van der Waals surface area contributed by atoms with E-state index in [9.17, 15) is 9.90 Å². The maximum Gasteiger partial charge on any atom is 0.314 e. The number of carbonyl (C=O) groups excluding carboxylic acids is 1. The van der Waals surface area contributed by atoms with Crippen LogP contribution in [0, 0.1) is 11.3 Å². The number of nitrogens with one attached hydrogen (secondary N) is 2. The van der Waals surface area contributed by atoms with Crippen molar-refractivity contribution < 1.29 is 14.3 Å². The molecule has 0 saturated carbocycles. The summed E-state index contributed by atoms with van der Waals surface area (Å²) in [5.74, 6) is 0.791. The van der Waals surface area contributed by atoms with Gasteiger partial charge in [-0.1, -0.05) is 27.7 Å². The van der Waals surface area contributed by atoms with Crippen molar-refractivity contribution in [1.82, 2.24) is 10.6 Å². The van der Waals surface area contributed by atoms with Crippen LogP contribution in [0.25, 0.3) is 0 Å². The molecule has 0 aliphatic carbocycles. The molecule has 5 heteroatoms. The number of carbonyl (C=O) groups is 1. The van der Waals surface area contributed by atoms with Crippen LogP contribution < -0.4 is 10.6 Å². The molecule has 1 rings (SSSR count). The Bertz CT molecular complexity index is 419. The predicted molar refractivity (Wildman–Crippen MR) is 78.3 cm³/mol. The first-order chi connectivity index (χ1) is 9.13. The molecular formula is C15H26N2O3. The van der Waals surface area contributed by atoms with Crippen molar-refractivity contribution in [1.29, 1.82) is 0 Å². The van der Waals surface area contributed by atoms with E-state index in [-0.39, 0.29) is 18.0 Å². The molecular weight excluding hydrogens is 256 g/mol. The zero-order chi connectivity index (χ0) is 15.4. The van der Waals surface area contributed by atoms with Gasteiger partial charge in [0.2, 0.25) is 0 Å². The van der Waals surface area contributed by atoms with Crippen LogP contribution in [-0.2, 0) is 5.60 Å². The van der Waals surface area contributed by atoms with E-state index in [2.05, 4.69) is 38.3 Å². The van der Waals surface area contributed by atoms with Gasteiger partial charge in [-0.25, -0.2) is 4.79 Å². The summed E-state index contributed by atoms with van der Waals surface area (Å²) in [4.78, 5) is 11.7. The first-order valence-electron chi connectivity index (χ1n) is 6.91. The van der Waals surface area contributed by atoms with Crippen molar-refractivity contribution in [3.05, 3.63) is 24.2 Å². The van der Waals surface area contributed by atoms with Crippen LogP contribution in [-0.4, -0.2) is 24.2 Å². The SMILES string of the molecule is C[C@@H](CNC(=O)NC[C@](C)(O)c1ccco1)C(C)(C)C. The number of urea groups is 1. The lowest BCUT2D eigenvalue weighted by molar-refractivity contribution is 0.0367. The summed E-state index contributed by atoms with van der Waals surface area (Å²) in [6, 6.07) is 3.10. The van der Waals surface area contributed by atoms with Crippen molar-refractivity contribution in [3.63, 3.8) is 0 Å². The van der Waals surface area contributed by atoms with E-state index < -0.39 is 5.60 Å². The summed E-state index contributed by atoms with van der Waals surface area (Å²) < 4.78 is 5.15. The Hall–Kier alpha value is -1.49. The number of hydrogen-bond acceptors (Lipinski definition) is 3. The zero-order valence-corrected chi connectivity index (χ0v) is 13.0. The number of furan rings is 1. The molecule has 0 aliphatic rings. The molecule has 1 heterocycles. The Kier molecular flexibility index (Phi) is 5.22. The van der Waals surface area contributed by atoms with Gasteiger partial charge in [0, 0.05) is 6.54 Å². The van der Waals surface area contributed by atoms with Crippen molar-refractivity contribution in [2.45, 2.75) is 40.2 Å². The minimum absolute atomic E-state index is 0.0935. The largest absolute Gasteiger partial charge is 0.466 e. The fourth-order valence-corrected chi connectivity index (χ4v) is 1.54. The summed E-state index contributed by atoms with van der Waals surface area (Å²) in [5, 5.41) is 15.7. The van der Waals surface area contributed by atoms with Gasteiger partial charge < -0.3 is 20.2 Å².